The van der Waals surface area contributed by atoms with Gasteiger partial charge in [0.1, 0.15) is 0 Å². The van der Waals surface area contributed by atoms with Gasteiger partial charge in [0, 0.05) is 5.56 Å². The number of ether oxygens (including phenoxy) is 2. The van der Waals surface area contributed by atoms with Crippen molar-refractivity contribution in [3.05, 3.63) is 59.2 Å². The van der Waals surface area contributed by atoms with Gasteiger partial charge in [-0.1, -0.05) is 52.0 Å². The van der Waals surface area contributed by atoms with Crippen molar-refractivity contribution >= 4 is 11.7 Å². The Kier molecular flexibility index (Phi) is 7.82. The van der Waals surface area contributed by atoms with E-state index in [4.69, 9.17) is 9.47 Å². The zero-order valence-electron chi connectivity index (χ0n) is 18.1. The van der Waals surface area contributed by atoms with E-state index in [-0.39, 0.29) is 30.3 Å². The van der Waals surface area contributed by atoms with Crippen LogP contribution in [0.1, 0.15) is 68.1 Å². The molecule has 0 aromatic heterocycles. The lowest BCUT2D eigenvalue weighted by molar-refractivity contribution is -0.124. The van der Waals surface area contributed by atoms with Gasteiger partial charge >= 0.3 is 0 Å². The van der Waals surface area contributed by atoms with Crippen LogP contribution in [0.25, 0.3) is 0 Å². The van der Waals surface area contributed by atoms with Crippen LogP contribution in [0.2, 0.25) is 0 Å². The molecule has 0 unspecified atom stereocenters. The number of benzene rings is 2. The van der Waals surface area contributed by atoms with Gasteiger partial charge in [0.25, 0.3) is 5.91 Å². The van der Waals surface area contributed by atoms with Crippen LogP contribution in [-0.2, 0) is 4.79 Å². The fourth-order valence-corrected chi connectivity index (χ4v) is 3.09. The highest BCUT2D eigenvalue weighted by Gasteiger charge is 2.19. The van der Waals surface area contributed by atoms with Gasteiger partial charge < -0.3 is 14.8 Å². The van der Waals surface area contributed by atoms with Crippen LogP contribution in [0.4, 0.5) is 0 Å². The van der Waals surface area contributed by atoms with E-state index in [0.29, 0.717) is 23.0 Å². The summed E-state index contributed by atoms with van der Waals surface area (Å²) >= 11 is 0. The van der Waals surface area contributed by atoms with Crippen molar-refractivity contribution in [2.75, 3.05) is 13.7 Å². The minimum atomic E-state index is -0.214. The van der Waals surface area contributed by atoms with Crippen molar-refractivity contribution < 1.29 is 19.1 Å². The maximum atomic E-state index is 12.5. The van der Waals surface area contributed by atoms with E-state index in [0.717, 1.165) is 5.56 Å². The highest BCUT2D eigenvalue weighted by atomic mass is 16.5. The second kappa shape index (κ2) is 10.1. The van der Waals surface area contributed by atoms with Gasteiger partial charge in [0.15, 0.2) is 23.9 Å². The molecule has 0 radical (unpaired) electrons. The molecule has 1 amide bonds. The normalized spacial score (nSPS) is 12.0. The van der Waals surface area contributed by atoms with Crippen LogP contribution < -0.4 is 14.8 Å². The van der Waals surface area contributed by atoms with Crippen molar-refractivity contribution in [1.29, 1.82) is 0 Å². The van der Waals surface area contributed by atoms with Crippen molar-refractivity contribution in [3.63, 3.8) is 0 Å². The molecule has 0 heterocycles. The molecule has 0 aliphatic carbocycles. The van der Waals surface area contributed by atoms with Crippen LogP contribution >= 0.6 is 0 Å². The largest absolute Gasteiger partial charge is 0.493 e. The molecule has 0 aliphatic rings. The number of ketones is 1. The molecule has 2 aromatic rings. The molecule has 29 heavy (non-hydrogen) atoms. The van der Waals surface area contributed by atoms with Gasteiger partial charge in [0.2, 0.25) is 0 Å². The van der Waals surface area contributed by atoms with Crippen molar-refractivity contribution in [2.24, 2.45) is 5.92 Å². The first-order valence-corrected chi connectivity index (χ1v) is 9.94. The van der Waals surface area contributed by atoms with Gasteiger partial charge in [-0.15, -0.1) is 0 Å². The summed E-state index contributed by atoms with van der Waals surface area (Å²) in [6, 6.07) is 13.2. The molecule has 0 aliphatic heterocycles. The van der Waals surface area contributed by atoms with Crippen LogP contribution in [0, 0.1) is 5.92 Å². The van der Waals surface area contributed by atoms with E-state index in [1.54, 1.807) is 18.2 Å². The van der Waals surface area contributed by atoms with E-state index < -0.39 is 0 Å². The zero-order chi connectivity index (χ0) is 21.6. The Morgan fingerprint density at radius 2 is 1.55 bits per heavy atom. The van der Waals surface area contributed by atoms with Gasteiger partial charge in [-0.3, -0.25) is 9.59 Å². The summed E-state index contributed by atoms with van der Waals surface area (Å²) < 4.78 is 10.9. The lowest BCUT2D eigenvalue weighted by Gasteiger charge is -2.23. The molecular formula is C24H31NO4. The summed E-state index contributed by atoms with van der Waals surface area (Å²) in [5, 5.41) is 3.06. The number of hydrogen-bond acceptors (Lipinski definition) is 4. The minimum Gasteiger partial charge on any atom is -0.493 e. The maximum Gasteiger partial charge on any atom is 0.258 e. The lowest BCUT2D eigenvalue weighted by Crippen LogP contribution is -2.35. The standard InChI is InChI=1S/C24H31NO4/c1-15(2)18-7-9-19(10-8-18)24(16(3)4)25-23(27)14-29-21-12-11-20(17(5)26)13-22(21)28-6/h7-13,15-16,24H,14H2,1-6H3,(H,25,27)/t24-/m0/s1. The molecule has 0 spiro atoms. The summed E-state index contributed by atoms with van der Waals surface area (Å²) in [6.07, 6.45) is 0. The molecule has 0 fully saturated rings. The molecule has 1 atom stereocenters. The molecule has 5 nitrogen and oxygen atoms in total. The van der Waals surface area contributed by atoms with E-state index >= 15 is 0 Å². The number of amides is 1. The van der Waals surface area contributed by atoms with Gasteiger partial charge in [0.05, 0.1) is 13.2 Å². The fourth-order valence-electron chi connectivity index (χ4n) is 3.09. The molecule has 1 N–H and O–H groups in total. The Bertz CT molecular complexity index is 840. The number of carbonyl (C=O) groups is 2. The summed E-state index contributed by atoms with van der Waals surface area (Å²) in [4.78, 5) is 24.0. The third-order valence-corrected chi connectivity index (χ3v) is 4.87. The third kappa shape index (κ3) is 6.08. The summed E-state index contributed by atoms with van der Waals surface area (Å²) in [6.45, 7) is 9.82. The highest BCUT2D eigenvalue weighted by molar-refractivity contribution is 5.94. The Balaban J connectivity index is 2.05. The van der Waals surface area contributed by atoms with E-state index in [2.05, 4.69) is 57.3 Å². The van der Waals surface area contributed by atoms with Crippen LogP contribution in [0.5, 0.6) is 11.5 Å². The first-order valence-electron chi connectivity index (χ1n) is 9.94. The lowest BCUT2D eigenvalue weighted by atomic mass is 9.93. The summed E-state index contributed by atoms with van der Waals surface area (Å²) in [5.41, 5.74) is 2.87. The molecule has 156 valence electrons. The molecule has 5 heteroatoms. The van der Waals surface area contributed by atoms with Crippen LogP contribution in [0.15, 0.2) is 42.5 Å². The van der Waals surface area contributed by atoms with Crippen LogP contribution in [-0.4, -0.2) is 25.4 Å². The Morgan fingerprint density at radius 3 is 2.07 bits per heavy atom. The minimum absolute atomic E-state index is 0.0594. The average Bonchev–Trinajstić information content (AvgIpc) is 2.70. The van der Waals surface area contributed by atoms with Gasteiger partial charge in [-0.05, 0) is 48.1 Å². The predicted molar refractivity (Wildman–Crippen MR) is 115 cm³/mol. The fraction of sp³-hybridized carbons (Fsp3) is 0.417. The Morgan fingerprint density at radius 1 is 0.931 bits per heavy atom. The van der Waals surface area contributed by atoms with Crippen molar-refractivity contribution in [3.8, 4) is 11.5 Å². The maximum absolute atomic E-state index is 12.5. The van der Waals surface area contributed by atoms with Crippen molar-refractivity contribution in [2.45, 2.75) is 46.6 Å². The Hall–Kier alpha value is -2.82. The first-order chi connectivity index (χ1) is 13.7. The molecule has 2 aromatic carbocycles. The molecule has 0 saturated heterocycles. The molecule has 0 bridgehead atoms. The number of Topliss-reactive ketones (excluding diaryl/α,β-unsaturated/α-hetero) is 1. The highest BCUT2D eigenvalue weighted by Crippen LogP contribution is 2.28. The van der Waals surface area contributed by atoms with E-state index in [1.165, 1.54) is 19.6 Å². The number of methoxy groups -OCH3 is 1. The number of nitrogens with one attached hydrogen (secondary N) is 1. The third-order valence-electron chi connectivity index (χ3n) is 4.87. The van der Waals surface area contributed by atoms with Gasteiger partial charge in [-0.2, -0.15) is 0 Å². The smallest absolute Gasteiger partial charge is 0.258 e. The second-order valence-corrected chi connectivity index (χ2v) is 7.82. The topological polar surface area (TPSA) is 64.6 Å². The number of hydrogen-bond donors (Lipinski definition) is 1. The average molecular weight is 398 g/mol. The Labute approximate surface area is 173 Å². The van der Waals surface area contributed by atoms with E-state index in [1.807, 2.05) is 0 Å². The monoisotopic (exact) mass is 397 g/mol. The quantitative estimate of drug-likeness (QED) is 0.611. The predicted octanol–water partition coefficient (Wildman–Crippen LogP) is 4.91. The molecular weight excluding hydrogens is 366 g/mol. The summed E-state index contributed by atoms with van der Waals surface area (Å²) in [7, 11) is 1.50. The first kappa shape index (κ1) is 22.5. The molecule has 2 rings (SSSR count). The zero-order valence-corrected chi connectivity index (χ0v) is 18.1. The molecule has 0 saturated carbocycles. The SMILES string of the molecule is COc1cc(C(C)=O)ccc1OCC(=O)N[C@H](c1ccc(C(C)C)cc1)C(C)C. The number of rotatable bonds is 9. The summed E-state index contributed by atoms with van der Waals surface area (Å²) in [5.74, 6) is 1.28. The van der Waals surface area contributed by atoms with Crippen molar-refractivity contribution in [1.82, 2.24) is 5.32 Å². The second-order valence-electron chi connectivity index (χ2n) is 7.82. The van der Waals surface area contributed by atoms with E-state index in [9.17, 15) is 9.59 Å². The number of carbonyl (C=O) groups excluding carboxylic acids is 2. The van der Waals surface area contributed by atoms with Gasteiger partial charge in [-0.25, -0.2) is 0 Å². The van der Waals surface area contributed by atoms with Crippen LogP contribution in [0.3, 0.4) is 0 Å².